The SMILES string of the molecule is COC(=O)CCCCCCCCCCc1ccc2cccc(N(C)C)c2c1. The number of anilines is 1. The number of nitrogens with zero attached hydrogens (tertiary/aromatic N) is 1. The number of rotatable bonds is 12. The van der Waals surface area contributed by atoms with Crippen LogP contribution in [0.3, 0.4) is 0 Å². The van der Waals surface area contributed by atoms with Crippen LogP contribution >= 0.6 is 0 Å². The van der Waals surface area contributed by atoms with Crippen LogP contribution in [0.15, 0.2) is 36.4 Å². The van der Waals surface area contributed by atoms with Crippen molar-refractivity contribution in [2.45, 2.75) is 64.2 Å². The van der Waals surface area contributed by atoms with Gasteiger partial charge in [0.2, 0.25) is 0 Å². The van der Waals surface area contributed by atoms with Crippen molar-refractivity contribution in [3.8, 4) is 0 Å². The highest BCUT2D eigenvalue weighted by atomic mass is 16.5. The van der Waals surface area contributed by atoms with Crippen molar-refractivity contribution in [2.24, 2.45) is 0 Å². The monoisotopic (exact) mass is 369 g/mol. The van der Waals surface area contributed by atoms with Crippen molar-refractivity contribution in [1.82, 2.24) is 0 Å². The van der Waals surface area contributed by atoms with E-state index in [4.69, 9.17) is 0 Å². The Bertz CT molecular complexity index is 709. The minimum atomic E-state index is -0.0820. The quantitative estimate of drug-likeness (QED) is 0.333. The molecule has 148 valence electrons. The van der Waals surface area contributed by atoms with Crippen LogP contribution in [-0.2, 0) is 16.0 Å². The van der Waals surface area contributed by atoms with Gasteiger partial charge in [-0.25, -0.2) is 0 Å². The molecule has 0 aliphatic rings. The Morgan fingerprint density at radius 3 is 2.22 bits per heavy atom. The van der Waals surface area contributed by atoms with Gasteiger partial charge in [-0.2, -0.15) is 0 Å². The molecule has 0 fully saturated rings. The molecule has 0 bridgehead atoms. The molecule has 0 aliphatic heterocycles. The predicted molar refractivity (Wildman–Crippen MR) is 116 cm³/mol. The summed E-state index contributed by atoms with van der Waals surface area (Å²) in [4.78, 5) is 13.2. The summed E-state index contributed by atoms with van der Waals surface area (Å²) in [5, 5.41) is 2.67. The van der Waals surface area contributed by atoms with Gasteiger partial charge in [-0.15, -0.1) is 0 Å². The minimum absolute atomic E-state index is 0.0820. The van der Waals surface area contributed by atoms with Crippen LogP contribution in [-0.4, -0.2) is 27.2 Å². The number of aryl methyl sites for hydroxylation is 1. The van der Waals surface area contributed by atoms with E-state index < -0.39 is 0 Å². The summed E-state index contributed by atoms with van der Waals surface area (Å²) in [6.07, 6.45) is 11.5. The third-order valence-electron chi connectivity index (χ3n) is 5.23. The topological polar surface area (TPSA) is 29.5 Å². The predicted octanol–water partition coefficient (Wildman–Crippen LogP) is 6.13. The molecule has 0 aliphatic carbocycles. The largest absolute Gasteiger partial charge is 0.469 e. The number of benzene rings is 2. The highest BCUT2D eigenvalue weighted by molar-refractivity contribution is 5.94. The average molecular weight is 370 g/mol. The lowest BCUT2D eigenvalue weighted by atomic mass is 10.0. The molecule has 2 aromatic carbocycles. The highest BCUT2D eigenvalue weighted by Crippen LogP contribution is 2.27. The molecule has 0 unspecified atom stereocenters. The molecule has 0 saturated carbocycles. The summed E-state index contributed by atoms with van der Waals surface area (Å²) >= 11 is 0. The van der Waals surface area contributed by atoms with Gasteiger partial charge < -0.3 is 9.64 Å². The molecule has 0 radical (unpaired) electrons. The lowest BCUT2D eigenvalue weighted by molar-refractivity contribution is -0.140. The Balaban J connectivity index is 1.63. The maximum Gasteiger partial charge on any atom is 0.305 e. The minimum Gasteiger partial charge on any atom is -0.469 e. The second-order valence-electron chi connectivity index (χ2n) is 7.63. The van der Waals surface area contributed by atoms with Gasteiger partial charge >= 0.3 is 5.97 Å². The fourth-order valence-electron chi connectivity index (χ4n) is 3.61. The van der Waals surface area contributed by atoms with Crippen LogP contribution in [0.25, 0.3) is 10.8 Å². The number of esters is 1. The smallest absolute Gasteiger partial charge is 0.305 e. The molecular formula is C24H35NO2. The van der Waals surface area contributed by atoms with Gasteiger partial charge in [-0.05, 0) is 42.3 Å². The summed E-state index contributed by atoms with van der Waals surface area (Å²) in [6.45, 7) is 0. The van der Waals surface area contributed by atoms with Crippen molar-refractivity contribution < 1.29 is 9.53 Å². The lowest BCUT2D eigenvalue weighted by Gasteiger charge is -2.16. The first-order valence-electron chi connectivity index (χ1n) is 10.4. The van der Waals surface area contributed by atoms with Crippen LogP contribution in [0.1, 0.15) is 63.4 Å². The second kappa shape index (κ2) is 11.6. The van der Waals surface area contributed by atoms with Crippen molar-refractivity contribution >= 4 is 22.4 Å². The molecule has 2 aromatic rings. The average Bonchev–Trinajstić information content (AvgIpc) is 2.68. The third-order valence-corrected chi connectivity index (χ3v) is 5.23. The van der Waals surface area contributed by atoms with Crippen molar-refractivity contribution in [2.75, 3.05) is 26.1 Å². The summed E-state index contributed by atoms with van der Waals surface area (Å²) in [7, 11) is 5.68. The van der Waals surface area contributed by atoms with E-state index in [9.17, 15) is 4.79 Å². The fourth-order valence-corrected chi connectivity index (χ4v) is 3.61. The molecule has 0 spiro atoms. The normalized spacial score (nSPS) is 10.9. The van der Waals surface area contributed by atoms with E-state index in [1.807, 2.05) is 0 Å². The molecule has 0 heterocycles. The molecule has 0 aromatic heterocycles. The molecular weight excluding hydrogens is 334 g/mol. The lowest BCUT2D eigenvalue weighted by Crippen LogP contribution is -2.08. The molecule has 0 saturated heterocycles. The number of ether oxygens (including phenoxy) is 1. The number of carbonyl (C=O) groups is 1. The Labute approximate surface area is 164 Å². The Hall–Kier alpha value is -2.03. The summed E-state index contributed by atoms with van der Waals surface area (Å²) in [5.74, 6) is -0.0820. The van der Waals surface area contributed by atoms with E-state index in [0.29, 0.717) is 6.42 Å². The number of hydrogen-bond acceptors (Lipinski definition) is 3. The van der Waals surface area contributed by atoms with Gasteiger partial charge in [-0.1, -0.05) is 62.8 Å². The highest BCUT2D eigenvalue weighted by Gasteiger charge is 2.04. The maximum atomic E-state index is 11.0. The Morgan fingerprint density at radius 1 is 0.889 bits per heavy atom. The van der Waals surface area contributed by atoms with Crippen LogP contribution in [0.4, 0.5) is 5.69 Å². The zero-order valence-electron chi connectivity index (χ0n) is 17.3. The van der Waals surface area contributed by atoms with E-state index >= 15 is 0 Å². The van der Waals surface area contributed by atoms with Crippen molar-refractivity contribution in [1.29, 1.82) is 0 Å². The number of fused-ring (bicyclic) bond motifs is 1. The number of methoxy groups -OCH3 is 1. The zero-order valence-corrected chi connectivity index (χ0v) is 17.3. The molecule has 0 N–H and O–H groups in total. The zero-order chi connectivity index (χ0) is 19.5. The van der Waals surface area contributed by atoms with Crippen LogP contribution < -0.4 is 4.90 Å². The first-order valence-corrected chi connectivity index (χ1v) is 10.4. The van der Waals surface area contributed by atoms with Gasteiger partial charge in [0, 0.05) is 31.6 Å². The summed E-state index contributed by atoms with van der Waals surface area (Å²) < 4.78 is 4.66. The van der Waals surface area contributed by atoms with E-state index in [-0.39, 0.29) is 5.97 Å². The standard InChI is InChI=1S/C24H35NO2/c1-25(2)23-15-12-14-21-18-17-20(19-22(21)23)13-10-8-6-4-5-7-9-11-16-24(26)27-3/h12,14-15,17-19H,4-11,13,16H2,1-3H3. The third kappa shape index (κ3) is 7.24. The van der Waals surface area contributed by atoms with E-state index in [1.165, 1.54) is 67.7 Å². The van der Waals surface area contributed by atoms with Gasteiger partial charge in [0.25, 0.3) is 0 Å². The van der Waals surface area contributed by atoms with Gasteiger partial charge in [-0.3, -0.25) is 4.79 Å². The molecule has 0 atom stereocenters. The van der Waals surface area contributed by atoms with Crippen LogP contribution in [0.5, 0.6) is 0 Å². The van der Waals surface area contributed by atoms with Gasteiger partial charge in [0.1, 0.15) is 0 Å². The first-order chi connectivity index (χ1) is 13.1. The maximum absolute atomic E-state index is 11.0. The molecule has 0 amide bonds. The van der Waals surface area contributed by atoms with Gasteiger partial charge in [0.15, 0.2) is 0 Å². The Morgan fingerprint density at radius 2 is 1.56 bits per heavy atom. The summed E-state index contributed by atoms with van der Waals surface area (Å²) in [5.41, 5.74) is 2.74. The number of hydrogen-bond donors (Lipinski definition) is 0. The summed E-state index contributed by atoms with van der Waals surface area (Å²) in [6, 6.07) is 13.4. The first kappa shape index (κ1) is 21.3. The van der Waals surface area contributed by atoms with E-state index in [0.717, 1.165) is 19.3 Å². The van der Waals surface area contributed by atoms with Crippen LogP contribution in [0, 0.1) is 0 Å². The second-order valence-corrected chi connectivity index (χ2v) is 7.63. The fraction of sp³-hybridized carbons (Fsp3) is 0.542. The molecule has 27 heavy (non-hydrogen) atoms. The molecule has 2 rings (SSSR count). The van der Waals surface area contributed by atoms with Crippen molar-refractivity contribution in [3.63, 3.8) is 0 Å². The van der Waals surface area contributed by atoms with E-state index in [2.05, 4.69) is 60.1 Å². The van der Waals surface area contributed by atoms with E-state index in [1.54, 1.807) is 0 Å². The Kier molecular flexibility index (Phi) is 9.17. The number of unbranched alkanes of at least 4 members (excludes halogenated alkanes) is 7. The van der Waals surface area contributed by atoms with Crippen LogP contribution in [0.2, 0.25) is 0 Å². The van der Waals surface area contributed by atoms with Crippen molar-refractivity contribution in [3.05, 3.63) is 42.0 Å². The molecule has 3 nitrogen and oxygen atoms in total. The van der Waals surface area contributed by atoms with Gasteiger partial charge in [0.05, 0.1) is 7.11 Å². The number of carbonyl (C=O) groups excluding carboxylic acids is 1. The molecule has 3 heteroatoms.